The van der Waals surface area contributed by atoms with Crippen molar-refractivity contribution in [3.8, 4) is 0 Å². The van der Waals surface area contributed by atoms with Crippen LogP contribution in [0.2, 0.25) is 0 Å². The van der Waals surface area contributed by atoms with Gasteiger partial charge in [-0.05, 0) is 24.3 Å². The molecule has 1 fully saturated rings. The number of carbonyl (C=O) groups is 4. The second-order valence-corrected chi connectivity index (χ2v) is 13.1. The van der Waals surface area contributed by atoms with Crippen LogP contribution in [-0.2, 0) is 34.6 Å². The number of aliphatic carboxylic acids is 1. The van der Waals surface area contributed by atoms with Crippen LogP contribution >= 0.6 is 7.60 Å². The summed E-state index contributed by atoms with van der Waals surface area (Å²) in [7, 11) is -5.89. The molecule has 1 aromatic heterocycles. The highest BCUT2D eigenvalue weighted by Gasteiger charge is 2.38. The second-order valence-electron chi connectivity index (χ2n) is 11.4. The van der Waals surface area contributed by atoms with Gasteiger partial charge in [0.15, 0.2) is 5.78 Å². The van der Waals surface area contributed by atoms with Crippen LogP contribution in [0.5, 0.6) is 0 Å². The van der Waals surface area contributed by atoms with Crippen molar-refractivity contribution >= 4 is 38.5 Å². The molecular formula is C29H41BN5O11P. The van der Waals surface area contributed by atoms with Crippen molar-refractivity contribution in [1.29, 1.82) is 0 Å². The largest absolute Gasteiger partial charge is 0.480 e. The third kappa shape index (κ3) is 13.1. The van der Waals surface area contributed by atoms with Gasteiger partial charge in [-0.1, -0.05) is 44.2 Å². The first-order chi connectivity index (χ1) is 22.3. The maximum Gasteiger partial charge on any atom is 0.480 e. The molecule has 47 heavy (non-hydrogen) atoms. The van der Waals surface area contributed by atoms with E-state index in [0.717, 1.165) is 5.56 Å². The summed E-state index contributed by atoms with van der Waals surface area (Å²) in [5.74, 6) is -5.93. The summed E-state index contributed by atoms with van der Waals surface area (Å²) >= 11 is 0. The molecule has 1 saturated heterocycles. The molecule has 1 aliphatic rings. The molecule has 256 valence electrons. The number of aromatic nitrogens is 2. The Balaban J connectivity index is 1.58. The predicted octanol–water partition coefficient (Wildman–Crippen LogP) is 1.13. The molecule has 0 spiro atoms. The maximum atomic E-state index is 13.7. The summed E-state index contributed by atoms with van der Waals surface area (Å²) in [5, 5.41) is 13.7. The fourth-order valence-electron chi connectivity index (χ4n) is 4.90. The van der Waals surface area contributed by atoms with Crippen LogP contribution in [-0.4, -0.2) is 112 Å². The minimum atomic E-state index is -5.13. The quantitative estimate of drug-likeness (QED) is 0.0954. The molecule has 2 aromatic rings. The topological polar surface area (TPSA) is 227 Å². The molecule has 1 unspecified atom stereocenters. The molecule has 5 N–H and O–H groups in total. The molecule has 3 rings (SSSR count). The second kappa shape index (κ2) is 18.6. The number of amides is 2. The first-order valence-electron chi connectivity index (χ1n) is 15.1. The lowest BCUT2D eigenvalue weighted by molar-refractivity contribution is -0.137. The van der Waals surface area contributed by atoms with Crippen molar-refractivity contribution in [2.45, 2.75) is 44.8 Å². The van der Waals surface area contributed by atoms with Crippen molar-refractivity contribution in [3.63, 3.8) is 0 Å². The molecule has 0 radical (unpaired) electrons. The lowest BCUT2D eigenvalue weighted by Crippen LogP contribution is -2.54. The monoisotopic (exact) mass is 677 g/mol. The Morgan fingerprint density at radius 3 is 2.32 bits per heavy atom. The van der Waals surface area contributed by atoms with Gasteiger partial charge in [0.05, 0.1) is 12.1 Å². The Labute approximate surface area is 272 Å². The van der Waals surface area contributed by atoms with Gasteiger partial charge in [-0.2, -0.15) is 0 Å². The van der Waals surface area contributed by atoms with Crippen LogP contribution in [0.3, 0.4) is 0 Å². The Morgan fingerprint density at radius 1 is 1.06 bits per heavy atom. The average molecular weight is 677 g/mol. The summed E-state index contributed by atoms with van der Waals surface area (Å²) in [6.07, 6.45) is 3.82. The number of hydrogen-bond donors (Lipinski definition) is 5. The van der Waals surface area contributed by atoms with Gasteiger partial charge in [-0.25, -0.2) is 14.6 Å². The molecule has 1 aromatic carbocycles. The van der Waals surface area contributed by atoms with E-state index in [0.29, 0.717) is 25.9 Å². The van der Waals surface area contributed by atoms with Gasteiger partial charge in [-0.3, -0.25) is 29.4 Å². The first-order valence-corrected chi connectivity index (χ1v) is 16.8. The lowest BCUT2D eigenvalue weighted by Gasteiger charge is -2.31. The molecule has 0 bridgehead atoms. The summed E-state index contributed by atoms with van der Waals surface area (Å²) in [5.41, 5.74) is 1.09. The first kappa shape index (κ1) is 37.7. The zero-order valence-electron chi connectivity index (χ0n) is 26.3. The molecule has 3 atom stereocenters. The Kier molecular flexibility index (Phi) is 14.9. The smallest absolute Gasteiger partial charge is 0.479 e. The SMILES string of the molecule is CC(C)C[C@@H](NC(=O)[C@H](CC(=O)c1cnccn1)Cc1ccccc1)B1OCCN(CCOC(=O)NC(C(=O)O)P(=O)(O)O)CCO1. The third-order valence-corrected chi connectivity index (χ3v) is 8.23. The Hall–Kier alpha value is -3.73. The lowest BCUT2D eigenvalue weighted by atomic mass is 9.73. The number of hydrogen-bond acceptors (Lipinski definition) is 11. The Morgan fingerprint density at radius 2 is 1.74 bits per heavy atom. The van der Waals surface area contributed by atoms with Crippen LogP contribution in [0.15, 0.2) is 48.9 Å². The third-order valence-electron chi connectivity index (χ3n) is 7.20. The van der Waals surface area contributed by atoms with Gasteiger partial charge in [0.2, 0.25) is 11.7 Å². The van der Waals surface area contributed by atoms with Crippen LogP contribution in [0.25, 0.3) is 0 Å². The average Bonchev–Trinajstić information content (AvgIpc) is 3.00. The van der Waals surface area contributed by atoms with Gasteiger partial charge in [0.1, 0.15) is 12.3 Å². The molecule has 2 heterocycles. The normalized spacial score (nSPS) is 16.3. The highest BCUT2D eigenvalue weighted by atomic mass is 31.2. The van der Waals surface area contributed by atoms with E-state index in [1.165, 1.54) is 18.6 Å². The fourth-order valence-corrected chi connectivity index (χ4v) is 5.46. The highest BCUT2D eigenvalue weighted by Crippen LogP contribution is 2.39. The summed E-state index contributed by atoms with van der Waals surface area (Å²) < 4.78 is 28.2. The number of ketones is 1. The number of ether oxygens (including phenoxy) is 1. The zero-order chi connectivity index (χ0) is 34.4. The number of carboxylic acid groups (broad SMARTS) is 1. The minimum absolute atomic E-state index is 0.0640. The predicted molar refractivity (Wildman–Crippen MR) is 168 cm³/mol. The highest BCUT2D eigenvalue weighted by molar-refractivity contribution is 7.53. The number of rotatable bonds is 16. The number of alkyl carbamates (subject to hydrolysis) is 1. The fraction of sp³-hybridized carbons (Fsp3) is 0.517. The summed E-state index contributed by atoms with van der Waals surface area (Å²) in [6, 6.07) is 9.43. The van der Waals surface area contributed by atoms with Crippen molar-refractivity contribution in [1.82, 2.24) is 25.5 Å². The van der Waals surface area contributed by atoms with Crippen molar-refractivity contribution < 1.29 is 52.7 Å². The number of benzene rings is 1. The van der Waals surface area contributed by atoms with Gasteiger partial charge in [0, 0.05) is 57.6 Å². The van der Waals surface area contributed by atoms with Gasteiger partial charge < -0.3 is 34.3 Å². The van der Waals surface area contributed by atoms with E-state index in [1.54, 1.807) is 5.32 Å². The number of carbonyl (C=O) groups excluding carboxylic acids is 3. The molecule has 16 nitrogen and oxygen atoms in total. The molecule has 18 heteroatoms. The summed E-state index contributed by atoms with van der Waals surface area (Å²) in [4.78, 5) is 77.8. The molecule has 0 aliphatic carbocycles. The van der Waals surface area contributed by atoms with E-state index in [4.69, 9.17) is 28.9 Å². The summed E-state index contributed by atoms with van der Waals surface area (Å²) in [6.45, 7) is 5.29. The van der Waals surface area contributed by atoms with Crippen LogP contribution in [0, 0.1) is 11.8 Å². The standard InChI is InChI=1S/C29H41BN5O11P/c1-20(2)16-25(33-26(37)22(17-21-6-4-3-5-7-21)18-24(36)23-19-31-8-9-32-23)30-45-14-11-35(12-15-46-30)10-13-44-29(40)34-27(28(38)39)47(41,42)43/h3-9,19-20,22,25,27H,10-18H2,1-2H3,(H,33,37)(H,34,40)(H,38,39)(H2,41,42,43)/t22-,25+,27?/m0/s1. The Bertz CT molecular complexity index is 1360. The van der Waals surface area contributed by atoms with E-state index in [9.17, 15) is 23.7 Å². The molecule has 0 saturated carbocycles. The van der Waals surface area contributed by atoms with E-state index in [-0.39, 0.29) is 56.1 Å². The van der Waals surface area contributed by atoms with Crippen molar-refractivity contribution in [3.05, 3.63) is 60.2 Å². The number of nitrogens with one attached hydrogen (secondary N) is 2. The minimum Gasteiger partial charge on any atom is -0.479 e. The van der Waals surface area contributed by atoms with Crippen LogP contribution in [0.4, 0.5) is 4.79 Å². The zero-order valence-corrected chi connectivity index (χ0v) is 27.2. The number of Topliss-reactive ketones (excluding diaryl/α,β-unsaturated/α-hetero) is 1. The van der Waals surface area contributed by atoms with Crippen LogP contribution < -0.4 is 10.6 Å². The number of carboxylic acids is 1. The van der Waals surface area contributed by atoms with Crippen molar-refractivity contribution in [2.75, 3.05) is 39.5 Å². The van der Waals surface area contributed by atoms with Gasteiger partial charge in [0.25, 0.3) is 0 Å². The van der Waals surface area contributed by atoms with E-state index < -0.39 is 44.4 Å². The van der Waals surface area contributed by atoms with Crippen LogP contribution in [0.1, 0.15) is 42.7 Å². The van der Waals surface area contributed by atoms with Gasteiger partial charge in [-0.15, -0.1) is 0 Å². The van der Waals surface area contributed by atoms with Gasteiger partial charge >= 0.3 is 26.8 Å². The van der Waals surface area contributed by atoms with E-state index >= 15 is 0 Å². The van der Waals surface area contributed by atoms with E-state index in [2.05, 4.69) is 15.3 Å². The molecule has 2 amide bonds. The number of nitrogens with zero attached hydrogens (tertiary/aromatic N) is 3. The maximum absolute atomic E-state index is 13.7. The van der Waals surface area contributed by atoms with Crippen molar-refractivity contribution in [2.24, 2.45) is 11.8 Å². The molecule has 1 aliphatic heterocycles. The van der Waals surface area contributed by atoms with E-state index in [1.807, 2.05) is 49.1 Å². The molecular weight excluding hydrogens is 636 g/mol.